The van der Waals surface area contributed by atoms with Crippen LogP contribution < -0.4 is 16.6 Å². The van der Waals surface area contributed by atoms with Crippen LogP contribution in [-0.2, 0) is 23.9 Å². The number of ether oxygens (including phenoxy) is 1. The molecular weight excluding hydrogens is 292 g/mol. The fourth-order valence-corrected chi connectivity index (χ4v) is 1.68. The standard InChI is InChI=1S/C8H8O9.C2H8N2/c9-5(10)1-2(6(11)12)4(8(15)16)17-3(1)7(13)14;3-1-2-4/h1-4H,(H,9,10)(H,11,12)(H,13,14)(H,15,16);1-4H2/p+1. The number of aliphatic carboxylic acids is 4. The third-order valence-electron chi connectivity index (χ3n) is 2.63. The van der Waals surface area contributed by atoms with Gasteiger partial charge in [-0.1, -0.05) is 0 Å². The van der Waals surface area contributed by atoms with Crippen LogP contribution in [0.1, 0.15) is 0 Å². The summed E-state index contributed by atoms with van der Waals surface area (Å²) in [6.07, 6.45) is -4.13. The summed E-state index contributed by atoms with van der Waals surface area (Å²) in [4.78, 5) is 42.8. The number of quaternary nitrogens is 2. The lowest BCUT2D eigenvalue weighted by Crippen LogP contribution is -2.64. The second-order valence-corrected chi connectivity index (χ2v) is 4.07. The van der Waals surface area contributed by atoms with E-state index in [1.165, 1.54) is 0 Å². The van der Waals surface area contributed by atoms with E-state index in [0.717, 1.165) is 13.1 Å². The lowest BCUT2D eigenvalue weighted by molar-refractivity contribution is -0.453. The molecule has 1 fully saturated rings. The number of hydrogen-bond donors (Lipinski definition) is 5. The van der Waals surface area contributed by atoms with Gasteiger partial charge in [-0.3, -0.25) is 9.59 Å². The van der Waals surface area contributed by atoms with Gasteiger partial charge in [-0.15, -0.1) is 0 Å². The lowest BCUT2D eigenvalue weighted by Gasteiger charge is -2.16. The Morgan fingerprint density at radius 3 is 1.48 bits per heavy atom. The zero-order chi connectivity index (χ0) is 16.7. The molecule has 120 valence electrons. The highest BCUT2D eigenvalue weighted by molar-refractivity contribution is 5.91. The average molecular weight is 309 g/mol. The smallest absolute Gasteiger partial charge is 0.333 e. The van der Waals surface area contributed by atoms with Crippen LogP contribution in [0.4, 0.5) is 0 Å². The third kappa shape index (κ3) is 4.66. The van der Waals surface area contributed by atoms with Crippen molar-refractivity contribution in [1.82, 2.24) is 0 Å². The number of hydrogen-bond acceptors (Lipinski definition) is 6. The van der Waals surface area contributed by atoms with Crippen LogP contribution in [0.5, 0.6) is 0 Å². The van der Waals surface area contributed by atoms with Gasteiger partial charge < -0.3 is 41.4 Å². The van der Waals surface area contributed by atoms with E-state index in [1.54, 1.807) is 0 Å². The zero-order valence-electron chi connectivity index (χ0n) is 10.9. The van der Waals surface area contributed by atoms with Crippen LogP contribution >= 0.6 is 0 Å². The van der Waals surface area contributed by atoms with Crippen molar-refractivity contribution in [2.45, 2.75) is 12.2 Å². The Hall–Kier alpha value is -2.24. The maximum Gasteiger partial charge on any atom is 0.333 e. The van der Waals surface area contributed by atoms with Gasteiger partial charge in [-0.25, -0.2) is 4.79 Å². The molecule has 1 rings (SSSR count). The first-order valence-electron chi connectivity index (χ1n) is 5.82. The molecule has 1 aliphatic heterocycles. The summed E-state index contributed by atoms with van der Waals surface area (Å²) < 4.78 is 4.41. The molecule has 0 saturated carbocycles. The molecule has 21 heavy (non-hydrogen) atoms. The predicted molar refractivity (Wildman–Crippen MR) is 59.1 cm³/mol. The normalized spacial score (nSPS) is 27.3. The molecule has 0 aromatic heterocycles. The Morgan fingerprint density at radius 1 is 0.857 bits per heavy atom. The van der Waals surface area contributed by atoms with E-state index in [9.17, 15) is 24.3 Å². The van der Waals surface area contributed by atoms with Gasteiger partial charge in [0.1, 0.15) is 31.0 Å². The van der Waals surface area contributed by atoms with E-state index in [2.05, 4.69) is 16.2 Å². The van der Waals surface area contributed by atoms with Crippen molar-refractivity contribution >= 4 is 23.9 Å². The van der Waals surface area contributed by atoms with Crippen molar-refractivity contribution in [1.29, 1.82) is 0 Å². The van der Waals surface area contributed by atoms with Crippen LogP contribution in [0.3, 0.4) is 0 Å². The Morgan fingerprint density at radius 2 is 1.24 bits per heavy atom. The van der Waals surface area contributed by atoms with Crippen LogP contribution in [0.25, 0.3) is 0 Å². The molecule has 0 radical (unpaired) electrons. The van der Waals surface area contributed by atoms with E-state index >= 15 is 0 Å². The Balaban J connectivity index is 0.000000885. The molecule has 1 saturated heterocycles. The zero-order valence-corrected chi connectivity index (χ0v) is 10.9. The van der Waals surface area contributed by atoms with Gasteiger partial charge in [0.25, 0.3) is 0 Å². The van der Waals surface area contributed by atoms with E-state index in [1.807, 2.05) is 0 Å². The molecule has 0 aromatic rings. The minimum Gasteiger partial charge on any atom is -0.547 e. The van der Waals surface area contributed by atoms with E-state index in [0.29, 0.717) is 0 Å². The molecule has 11 heteroatoms. The predicted octanol–water partition coefficient (Wildman–Crippen LogP) is -5.54. The van der Waals surface area contributed by atoms with Gasteiger partial charge >= 0.3 is 17.9 Å². The monoisotopic (exact) mass is 309 g/mol. The summed E-state index contributed by atoms with van der Waals surface area (Å²) >= 11 is 0. The minimum absolute atomic E-state index is 0.958. The number of carbonyl (C=O) groups is 4. The number of rotatable bonds is 5. The molecule has 0 spiro atoms. The summed E-state index contributed by atoms with van der Waals surface area (Å²) in [5.41, 5.74) is 7.08. The quantitative estimate of drug-likeness (QED) is 0.326. The number of carboxylic acid groups (broad SMARTS) is 4. The second kappa shape index (κ2) is 8.14. The average Bonchev–Trinajstić information content (AvgIpc) is 2.79. The van der Waals surface area contributed by atoms with Gasteiger partial charge in [0.05, 0.1) is 5.97 Å². The number of carbonyl (C=O) groups excluding carboxylic acids is 1. The molecule has 0 aromatic carbocycles. The Kier molecular flexibility index (Phi) is 7.27. The summed E-state index contributed by atoms with van der Waals surface area (Å²) in [7, 11) is 0. The summed E-state index contributed by atoms with van der Waals surface area (Å²) in [5.74, 6) is -11.2. The van der Waals surface area contributed by atoms with Crippen molar-refractivity contribution in [3.05, 3.63) is 0 Å². The molecule has 0 aliphatic carbocycles. The largest absolute Gasteiger partial charge is 0.547 e. The molecule has 11 nitrogen and oxygen atoms in total. The van der Waals surface area contributed by atoms with E-state index in [4.69, 9.17) is 15.3 Å². The fourth-order valence-electron chi connectivity index (χ4n) is 1.68. The molecule has 1 aliphatic rings. The first-order valence-corrected chi connectivity index (χ1v) is 5.82. The van der Waals surface area contributed by atoms with Crippen molar-refractivity contribution in [3.63, 3.8) is 0 Å². The SMILES string of the molecule is O=C([O-])C1OC(C(=O)O)C(C(=O)O)C1C(=O)O.[NH3+]CC[NH3+]. The van der Waals surface area contributed by atoms with Crippen LogP contribution in [-0.4, -0.2) is 64.5 Å². The van der Waals surface area contributed by atoms with Crippen molar-refractivity contribution in [2.75, 3.05) is 13.1 Å². The van der Waals surface area contributed by atoms with E-state index < -0.39 is 47.9 Å². The Bertz CT molecular complexity index is 387. The first-order chi connectivity index (χ1) is 9.68. The highest BCUT2D eigenvalue weighted by atomic mass is 16.6. The van der Waals surface area contributed by atoms with Crippen molar-refractivity contribution in [3.8, 4) is 0 Å². The molecule has 4 atom stereocenters. The molecule has 0 bridgehead atoms. The highest BCUT2D eigenvalue weighted by Crippen LogP contribution is 2.33. The van der Waals surface area contributed by atoms with Crippen molar-refractivity contribution < 1.29 is 55.8 Å². The van der Waals surface area contributed by atoms with E-state index in [-0.39, 0.29) is 0 Å². The topological polar surface area (TPSA) is 217 Å². The molecule has 4 unspecified atom stereocenters. The molecule has 9 N–H and O–H groups in total. The highest BCUT2D eigenvalue weighted by Gasteiger charge is 2.55. The van der Waals surface area contributed by atoms with Crippen LogP contribution in [0.2, 0.25) is 0 Å². The maximum absolute atomic E-state index is 10.8. The number of carboxylic acids is 4. The van der Waals surface area contributed by atoms with Gasteiger partial charge in [0.15, 0.2) is 6.10 Å². The summed E-state index contributed by atoms with van der Waals surface area (Å²) in [5, 5.41) is 36.7. The summed E-state index contributed by atoms with van der Waals surface area (Å²) in [6.45, 7) is 1.92. The molecule has 0 amide bonds. The maximum atomic E-state index is 10.8. The van der Waals surface area contributed by atoms with Gasteiger partial charge in [0.2, 0.25) is 0 Å². The van der Waals surface area contributed by atoms with Crippen LogP contribution in [0.15, 0.2) is 0 Å². The second-order valence-electron chi connectivity index (χ2n) is 4.07. The third-order valence-corrected chi connectivity index (χ3v) is 2.63. The Labute approximate surface area is 118 Å². The lowest BCUT2D eigenvalue weighted by atomic mass is 9.87. The molecular formula is C10H17N2O9+. The van der Waals surface area contributed by atoms with Gasteiger partial charge in [0, 0.05) is 0 Å². The molecule has 1 heterocycles. The first kappa shape index (κ1) is 18.8. The van der Waals surface area contributed by atoms with Crippen LogP contribution in [0, 0.1) is 11.8 Å². The minimum atomic E-state index is -2.10. The van der Waals surface area contributed by atoms with Crippen molar-refractivity contribution in [2.24, 2.45) is 11.8 Å². The van der Waals surface area contributed by atoms with Gasteiger partial charge in [-0.2, -0.15) is 0 Å². The van der Waals surface area contributed by atoms with Gasteiger partial charge in [-0.05, 0) is 0 Å². The fraction of sp³-hybridized carbons (Fsp3) is 0.600. The summed E-state index contributed by atoms with van der Waals surface area (Å²) in [6, 6.07) is 0.